The minimum atomic E-state index is -0.524. The summed E-state index contributed by atoms with van der Waals surface area (Å²) < 4.78 is 47.1. The maximum Gasteiger partial charge on any atom is 0.314 e. The third kappa shape index (κ3) is 3.92. The van der Waals surface area contributed by atoms with Crippen molar-refractivity contribution in [3.63, 3.8) is 0 Å². The molecule has 1 aliphatic rings. The Morgan fingerprint density at radius 2 is 1.54 bits per heavy atom. The zero-order valence-electron chi connectivity index (χ0n) is 14.8. The van der Waals surface area contributed by atoms with Gasteiger partial charge in [-0.1, -0.05) is 6.07 Å². The highest BCUT2D eigenvalue weighted by atomic mass is 19.1. The fourth-order valence-corrected chi connectivity index (χ4v) is 3.56. The molecule has 1 aliphatic carbocycles. The number of aryl methyl sites for hydroxylation is 2. The predicted octanol–water partition coefficient (Wildman–Crippen LogP) is 5.60. The fourth-order valence-electron chi connectivity index (χ4n) is 3.56. The van der Waals surface area contributed by atoms with Crippen LogP contribution in [0.1, 0.15) is 48.3 Å². The van der Waals surface area contributed by atoms with Gasteiger partial charge in [-0.25, -0.2) is 13.2 Å². The van der Waals surface area contributed by atoms with Crippen LogP contribution in [0.25, 0.3) is 0 Å². The number of esters is 1. The van der Waals surface area contributed by atoms with E-state index >= 15 is 0 Å². The second-order valence-electron chi connectivity index (χ2n) is 7.02. The van der Waals surface area contributed by atoms with E-state index in [1.807, 2.05) is 0 Å². The zero-order chi connectivity index (χ0) is 18.8. The molecule has 3 rings (SSSR count). The number of hydrogen-bond donors (Lipinski definition) is 0. The van der Waals surface area contributed by atoms with E-state index in [0.29, 0.717) is 36.8 Å². The summed E-state index contributed by atoms with van der Waals surface area (Å²) in [6.07, 6.45) is 2.01. The lowest BCUT2D eigenvalue weighted by molar-refractivity contribution is -0.140. The highest BCUT2D eigenvalue weighted by Crippen LogP contribution is 2.38. The number of carbonyl (C=O) groups is 1. The summed E-state index contributed by atoms with van der Waals surface area (Å²) in [5, 5.41) is 0. The van der Waals surface area contributed by atoms with Crippen molar-refractivity contribution in [2.45, 2.75) is 45.4 Å². The Bertz CT molecular complexity index is 801. The summed E-state index contributed by atoms with van der Waals surface area (Å²) >= 11 is 0. The summed E-state index contributed by atoms with van der Waals surface area (Å²) in [6.45, 7) is 3.28. The molecule has 1 saturated carbocycles. The third-order valence-corrected chi connectivity index (χ3v) is 5.05. The van der Waals surface area contributed by atoms with Crippen molar-refractivity contribution in [2.24, 2.45) is 5.92 Å². The first-order chi connectivity index (χ1) is 12.3. The Hall–Kier alpha value is -2.30. The van der Waals surface area contributed by atoms with Crippen LogP contribution in [0.5, 0.6) is 5.75 Å². The topological polar surface area (TPSA) is 26.3 Å². The Balaban J connectivity index is 1.63. The van der Waals surface area contributed by atoms with Crippen LogP contribution in [-0.4, -0.2) is 5.97 Å². The van der Waals surface area contributed by atoms with Crippen molar-refractivity contribution in [3.05, 3.63) is 64.5 Å². The van der Waals surface area contributed by atoms with Crippen LogP contribution in [0, 0.1) is 37.2 Å². The summed E-state index contributed by atoms with van der Waals surface area (Å²) in [5.74, 6) is -2.30. The normalized spacial score (nSPS) is 20.0. The Morgan fingerprint density at radius 3 is 2.12 bits per heavy atom. The summed E-state index contributed by atoms with van der Waals surface area (Å²) in [5.41, 5.74) is 1.14. The highest BCUT2D eigenvalue weighted by molar-refractivity contribution is 5.75. The van der Waals surface area contributed by atoms with Crippen LogP contribution in [0.15, 0.2) is 30.3 Å². The maximum atomic E-state index is 14.1. The minimum Gasteiger partial charge on any atom is -0.426 e. The van der Waals surface area contributed by atoms with Crippen molar-refractivity contribution in [3.8, 4) is 5.75 Å². The molecule has 0 atom stereocenters. The lowest BCUT2D eigenvalue weighted by Crippen LogP contribution is -2.25. The molecule has 0 aliphatic heterocycles. The molecule has 0 heterocycles. The maximum absolute atomic E-state index is 14.1. The van der Waals surface area contributed by atoms with Crippen LogP contribution < -0.4 is 4.74 Å². The van der Waals surface area contributed by atoms with E-state index in [-0.39, 0.29) is 23.1 Å². The lowest BCUT2D eigenvalue weighted by Gasteiger charge is -2.28. The van der Waals surface area contributed by atoms with Crippen LogP contribution >= 0.6 is 0 Å². The second-order valence-corrected chi connectivity index (χ2v) is 7.02. The smallest absolute Gasteiger partial charge is 0.314 e. The molecule has 0 amide bonds. The number of benzene rings is 2. The van der Waals surface area contributed by atoms with E-state index in [0.717, 1.165) is 0 Å². The molecule has 1 fully saturated rings. The number of rotatable bonds is 3. The number of hydrogen-bond acceptors (Lipinski definition) is 2. The molecule has 0 spiro atoms. The average Bonchev–Trinajstić information content (AvgIpc) is 2.58. The standard InChI is InChI=1S/C21H21F3O2/c1-12-9-18(23)20(19(24)10-12)14-4-6-15(7-5-14)21(25)26-16-8-3-13(2)17(22)11-16/h3,8-11,14-15H,4-7H2,1-2H3. The molecule has 138 valence electrons. The van der Waals surface area contributed by atoms with Gasteiger partial charge in [0.15, 0.2) is 0 Å². The second kappa shape index (κ2) is 7.52. The van der Waals surface area contributed by atoms with Crippen LogP contribution in [0.3, 0.4) is 0 Å². The van der Waals surface area contributed by atoms with Crippen LogP contribution in [-0.2, 0) is 4.79 Å². The first-order valence-electron chi connectivity index (χ1n) is 8.78. The molecule has 2 aromatic rings. The Morgan fingerprint density at radius 1 is 0.923 bits per heavy atom. The van der Waals surface area contributed by atoms with Gasteiger partial charge >= 0.3 is 5.97 Å². The van der Waals surface area contributed by atoms with Gasteiger partial charge in [-0.3, -0.25) is 4.79 Å². The first-order valence-corrected chi connectivity index (χ1v) is 8.78. The molecule has 0 aromatic heterocycles. The van der Waals surface area contributed by atoms with E-state index in [1.54, 1.807) is 26.0 Å². The minimum absolute atomic E-state index is 0.114. The molecule has 0 N–H and O–H groups in total. The van der Waals surface area contributed by atoms with Gasteiger partial charge < -0.3 is 4.74 Å². The fraction of sp³-hybridized carbons (Fsp3) is 0.381. The van der Waals surface area contributed by atoms with Crippen molar-refractivity contribution in [1.29, 1.82) is 0 Å². The summed E-state index contributed by atoms with van der Waals surface area (Å²) in [7, 11) is 0. The average molecular weight is 362 g/mol. The molecule has 0 unspecified atom stereocenters. The molecular weight excluding hydrogens is 341 g/mol. The van der Waals surface area contributed by atoms with Gasteiger partial charge in [-0.15, -0.1) is 0 Å². The molecule has 0 saturated heterocycles. The number of ether oxygens (including phenoxy) is 1. The molecule has 0 radical (unpaired) electrons. The van der Waals surface area contributed by atoms with E-state index in [4.69, 9.17) is 4.74 Å². The summed E-state index contributed by atoms with van der Waals surface area (Å²) in [4.78, 5) is 12.3. The van der Waals surface area contributed by atoms with Gasteiger partial charge in [0.2, 0.25) is 0 Å². The van der Waals surface area contributed by atoms with Crippen LogP contribution in [0.2, 0.25) is 0 Å². The number of halogens is 3. The third-order valence-electron chi connectivity index (χ3n) is 5.05. The van der Waals surface area contributed by atoms with Crippen molar-refractivity contribution < 1.29 is 22.7 Å². The Kier molecular flexibility index (Phi) is 5.35. The monoisotopic (exact) mass is 362 g/mol. The molecular formula is C21H21F3O2. The quantitative estimate of drug-likeness (QED) is 0.525. The first kappa shape index (κ1) is 18.5. The SMILES string of the molecule is Cc1cc(F)c(C2CCC(C(=O)Oc3ccc(C)c(F)c3)CC2)c(F)c1. The molecule has 2 aromatic carbocycles. The van der Waals surface area contributed by atoms with Gasteiger partial charge in [0, 0.05) is 11.6 Å². The molecule has 5 heteroatoms. The van der Waals surface area contributed by atoms with Crippen molar-refractivity contribution in [1.82, 2.24) is 0 Å². The molecule has 2 nitrogen and oxygen atoms in total. The van der Waals surface area contributed by atoms with Gasteiger partial charge in [0.05, 0.1) is 5.92 Å². The van der Waals surface area contributed by atoms with Crippen LogP contribution in [0.4, 0.5) is 13.2 Å². The van der Waals surface area contributed by atoms with Gasteiger partial charge in [-0.2, -0.15) is 0 Å². The van der Waals surface area contributed by atoms with Crippen molar-refractivity contribution in [2.75, 3.05) is 0 Å². The largest absolute Gasteiger partial charge is 0.426 e. The van der Waals surface area contributed by atoms with E-state index < -0.39 is 23.4 Å². The lowest BCUT2D eigenvalue weighted by atomic mass is 9.78. The molecule has 26 heavy (non-hydrogen) atoms. The Labute approximate surface area is 151 Å². The van der Waals surface area contributed by atoms with E-state index in [9.17, 15) is 18.0 Å². The van der Waals surface area contributed by atoms with Gasteiger partial charge in [-0.05, 0) is 74.8 Å². The summed E-state index contributed by atoms with van der Waals surface area (Å²) in [6, 6.07) is 6.97. The zero-order valence-corrected chi connectivity index (χ0v) is 14.8. The van der Waals surface area contributed by atoms with Crippen molar-refractivity contribution >= 4 is 5.97 Å². The highest BCUT2D eigenvalue weighted by Gasteiger charge is 2.31. The number of carbonyl (C=O) groups excluding carboxylic acids is 1. The van der Waals surface area contributed by atoms with E-state index in [1.165, 1.54) is 18.2 Å². The van der Waals surface area contributed by atoms with Gasteiger partial charge in [0.1, 0.15) is 23.2 Å². The molecule has 0 bridgehead atoms. The van der Waals surface area contributed by atoms with E-state index in [2.05, 4.69) is 0 Å². The van der Waals surface area contributed by atoms with Gasteiger partial charge in [0.25, 0.3) is 0 Å². The predicted molar refractivity (Wildman–Crippen MR) is 92.6 cm³/mol.